The molecule has 0 saturated carbocycles. The molecule has 0 unspecified atom stereocenters. The normalized spacial score (nSPS) is 10.2. The van der Waals surface area contributed by atoms with E-state index in [0.717, 1.165) is 6.26 Å². The van der Waals surface area contributed by atoms with Crippen LogP contribution in [0.3, 0.4) is 0 Å². The third-order valence-electron chi connectivity index (χ3n) is 1.35. The van der Waals surface area contributed by atoms with Crippen LogP contribution in [0.2, 0.25) is 0 Å². The Labute approximate surface area is 112 Å². The Morgan fingerprint density at radius 2 is 2.07 bits per heavy atom. The third-order valence-corrected chi connectivity index (χ3v) is 1.80. The van der Waals surface area contributed by atoms with Gasteiger partial charge >= 0.3 is 45.6 Å². The van der Waals surface area contributed by atoms with E-state index in [1.807, 2.05) is 0 Å². The predicted molar refractivity (Wildman–Crippen MR) is 52.2 cm³/mol. The van der Waals surface area contributed by atoms with Crippen LogP contribution in [0.15, 0.2) is 24.3 Å². The summed E-state index contributed by atoms with van der Waals surface area (Å²) < 4.78 is 25.4. The van der Waals surface area contributed by atoms with Crippen molar-refractivity contribution in [3.05, 3.63) is 29.8 Å². The number of carbonyl (C=O) groups is 1. The van der Waals surface area contributed by atoms with E-state index in [4.69, 9.17) is 5.73 Å². The van der Waals surface area contributed by atoms with E-state index in [2.05, 4.69) is 4.18 Å². The molecule has 0 fully saturated rings. The van der Waals surface area contributed by atoms with Crippen LogP contribution in [0.1, 0.15) is 11.8 Å². The minimum absolute atomic E-state index is 0. The Kier molecular flexibility index (Phi) is 5.30. The average molecular weight is 239 g/mol. The van der Waals surface area contributed by atoms with Crippen molar-refractivity contribution in [3.8, 4) is 0 Å². The number of hydrogen-bond donors (Lipinski definition) is 1. The first-order chi connectivity index (χ1) is 6.38. The summed E-state index contributed by atoms with van der Waals surface area (Å²) in [6, 6.07) is 5.88. The van der Waals surface area contributed by atoms with E-state index < -0.39 is 16.1 Å². The van der Waals surface area contributed by atoms with Gasteiger partial charge in [-0.2, -0.15) is 8.42 Å². The van der Waals surface area contributed by atoms with Crippen LogP contribution < -0.4 is 35.3 Å². The minimum atomic E-state index is -3.77. The first-order valence-electron chi connectivity index (χ1n) is 3.68. The SMILES string of the molecule is CS(=O)(=O)OC(=O)c1cccc(N)c1.[H-].[Na+]. The molecule has 0 radical (unpaired) electrons. The summed E-state index contributed by atoms with van der Waals surface area (Å²) in [5, 5.41) is 0. The van der Waals surface area contributed by atoms with Gasteiger partial charge in [-0.15, -0.1) is 0 Å². The van der Waals surface area contributed by atoms with Gasteiger partial charge in [0.1, 0.15) is 0 Å². The Balaban J connectivity index is 0. The van der Waals surface area contributed by atoms with Gasteiger partial charge in [-0.3, -0.25) is 0 Å². The molecule has 2 N–H and O–H groups in total. The number of nitrogen functional groups attached to an aromatic ring is 1. The number of nitrogens with two attached hydrogens (primary N) is 1. The van der Waals surface area contributed by atoms with Crippen molar-refractivity contribution in [2.45, 2.75) is 0 Å². The quantitative estimate of drug-likeness (QED) is 0.350. The molecule has 1 rings (SSSR count). The molecule has 0 bridgehead atoms. The third kappa shape index (κ3) is 5.17. The van der Waals surface area contributed by atoms with Crippen molar-refractivity contribution in [3.63, 3.8) is 0 Å². The maximum Gasteiger partial charge on any atom is 1.00 e. The van der Waals surface area contributed by atoms with Crippen molar-refractivity contribution in [2.24, 2.45) is 0 Å². The van der Waals surface area contributed by atoms with Gasteiger partial charge in [-0.05, 0) is 18.2 Å². The topological polar surface area (TPSA) is 86.5 Å². The van der Waals surface area contributed by atoms with E-state index in [0.29, 0.717) is 5.69 Å². The predicted octanol–water partition coefficient (Wildman–Crippen LogP) is -2.50. The summed E-state index contributed by atoms with van der Waals surface area (Å²) in [7, 11) is -3.77. The fraction of sp³-hybridized carbons (Fsp3) is 0.125. The van der Waals surface area contributed by atoms with Crippen molar-refractivity contribution in [1.82, 2.24) is 0 Å². The van der Waals surface area contributed by atoms with E-state index in [9.17, 15) is 13.2 Å². The van der Waals surface area contributed by atoms with Crippen molar-refractivity contribution in [2.75, 3.05) is 12.0 Å². The van der Waals surface area contributed by atoms with Gasteiger partial charge in [0.2, 0.25) is 0 Å². The number of anilines is 1. The summed E-state index contributed by atoms with van der Waals surface area (Å²) in [4.78, 5) is 11.2. The van der Waals surface area contributed by atoms with Crippen molar-refractivity contribution in [1.29, 1.82) is 0 Å². The first kappa shape index (κ1) is 14.4. The zero-order valence-corrected chi connectivity index (χ0v) is 11.2. The van der Waals surface area contributed by atoms with Gasteiger partial charge in [0.05, 0.1) is 11.8 Å². The number of rotatable bonds is 2. The van der Waals surface area contributed by atoms with Gasteiger partial charge in [-0.25, -0.2) is 4.79 Å². The molecule has 0 aliphatic carbocycles. The molecule has 7 heteroatoms. The largest absolute Gasteiger partial charge is 1.00 e. The molecule has 1 aromatic carbocycles. The number of hydrogen-bond acceptors (Lipinski definition) is 5. The Hall–Kier alpha value is -0.560. The second-order valence-electron chi connectivity index (χ2n) is 2.70. The zero-order valence-electron chi connectivity index (χ0n) is 9.43. The standard InChI is InChI=1S/C8H9NO4S.Na.H/c1-14(11,12)13-8(10)6-3-2-4-7(9)5-6;;/h2-5H,9H2,1H3;;/q;+1;-1. The summed E-state index contributed by atoms with van der Waals surface area (Å²) in [5.74, 6) is -0.931. The van der Waals surface area contributed by atoms with E-state index in [-0.39, 0.29) is 36.5 Å². The van der Waals surface area contributed by atoms with Crippen LogP contribution in [0.25, 0.3) is 0 Å². The van der Waals surface area contributed by atoms with Gasteiger partial charge in [-0.1, -0.05) is 6.07 Å². The number of carbonyl (C=O) groups excluding carboxylic acids is 1. The fourth-order valence-electron chi connectivity index (χ4n) is 0.851. The molecule has 0 atom stereocenters. The van der Waals surface area contributed by atoms with Gasteiger partial charge in [0, 0.05) is 5.69 Å². The molecule has 0 aliphatic rings. The Morgan fingerprint density at radius 3 is 2.53 bits per heavy atom. The van der Waals surface area contributed by atoms with Crippen LogP contribution in [0, 0.1) is 0 Å². The van der Waals surface area contributed by atoms with Crippen molar-refractivity contribution >= 4 is 21.8 Å². The second kappa shape index (κ2) is 5.50. The molecule has 0 amide bonds. The van der Waals surface area contributed by atoms with Gasteiger partial charge in [0.25, 0.3) is 0 Å². The zero-order chi connectivity index (χ0) is 10.8. The first-order valence-corrected chi connectivity index (χ1v) is 5.49. The van der Waals surface area contributed by atoms with Crippen LogP contribution in [0.4, 0.5) is 5.69 Å². The maximum atomic E-state index is 11.2. The molecule has 0 aliphatic heterocycles. The molecule has 15 heavy (non-hydrogen) atoms. The second-order valence-corrected chi connectivity index (χ2v) is 4.28. The smallest absolute Gasteiger partial charge is 1.00 e. The molecule has 0 heterocycles. The molecular weight excluding hydrogens is 229 g/mol. The van der Waals surface area contributed by atoms with E-state index >= 15 is 0 Å². The van der Waals surface area contributed by atoms with Gasteiger partial charge < -0.3 is 11.3 Å². The number of benzene rings is 1. The van der Waals surface area contributed by atoms with Crippen LogP contribution >= 0.6 is 0 Å². The van der Waals surface area contributed by atoms with Gasteiger partial charge in [0.15, 0.2) is 0 Å². The summed E-state index contributed by atoms with van der Waals surface area (Å²) in [6.07, 6.45) is 0.803. The van der Waals surface area contributed by atoms with E-state index in [1.54, 1.807) is 6.07 Å². The molecule has 0 aromatic heterocycles. The van der Waals surface area contributed by atoms with Crippen molar-refractivity contribution < 1.29 is 48.4 Å². The molecule has 5 nitrogen and oxygen atoms in total. The molecule has 0 spiro atoms. The summed E-state index contributed by atoms with van der Waals surface area (Å²) in [5.41, 5.74) is 5.88. The fourth-order valence-corrected chi connectivity index (χ4v) is 1.22. The minimum Gasteiger partial charge on any atom is -1.00 e. The van der Waals surface area contributed by atoms with Crippen LogP contribution in [0.5, 0.6) is 0 Å². The molecular formula is C8H10NNaO4S. The van der Waals surface area contributed by atoms with Crippen LogP contribution in [-0.2, 0) is 14.3 Å². The average Bonchev–Trinajstić information content (AvgIpc) is 2.01. The molecule has 78 valence electrons. The monoisotopic (exact) mass is 239 g/mol. The van der Waals surface area contributed by atoms with E-state index in [1.165, 1.54) is 18.2 Å². The molecule has 1 aromatic rings. The Morgan fingerprint density at radius 1 is 1.47 bits per heavy atom. The molecule has 0 saturated heterocycles. The Bertz CT molecular complexity index is 463. The summed E-state index contributed by atoms with van der Waals surface area (Å²) >= 11 is 0. The van der Waals surface area contributed by atoms with Crippen LogP contribution in [-0.4, -0.2) is 20.6 Å². The maximum absolute atomic E-state index is 11.2. The summed E-state index contributed by atoms with van der Waals surface area (Å²) in [6.45, 7) is 0.